The smallest absolute Gasteiger partial charge is 0.161 e. The molecule has 0 bridgehead atoms. The van der Waals surface area contributed by atoms with Gasteiger partial charge in [-0.1, -0.05) is 0 Å². The summed E-state index contributed by atoms with van der Waals surface area (Å²) >= 11 is 0. The minimum atomic E-state index is -0.837. The number of rotatable bonds is 2. The van der Waals surface area contributed by atoms with Gasteiger partial charge in [-0.2, -0.15) is 5.26 Å². The van der Waals surface area contributed by atoms with Crippen LogP contribution in [0.1, 0.15) is 11.7 Å². The van der Waals surface area contributed by atoms with E-state index in [1.165, 1.54) is 12.4 Å². The van der Waals surface area contributed by atoms with E-state index < -0.39 is 5.92 Å². The number of nitrogens with zero attached hydrogens (tertiary/aromatic N) is 3. The van der Waals surface area contributed by atoms with Crippen molar-refractivity contribution in [2.75, 3.05) is 0 Å². The highest BCUT2D eigenvalue weighted by molar-refractivity contribution is 5.64. The molecule has 4 heteroatoms. The predicted octanol–water partition coefficient (Wildman–Crippen LogP) is 0.283. The zero-order valence-electron chi connectivity index (χ0n) is 5.64. The standard InChI is InChI=1S/C7H5N3O/c8-4-6(5-11)7-9-2-1-3-10-7/h1-3,5-6H. The number of carbonyl (C=O) groups excluding carboxylic acids is 1. The monoisotopic (exact) mass is 147 g/mol. The number of aldehydes is 1. The van der Waals surface area contributed by atoms with Crippen molar-refractivity contribution >= 4 is 6.29 Å². The molecular weight excluding hydrogens is 142 g/mol. The molecule has 0 aliphatic rings. The highest BCUT2D eigenvalue weighted by Crippen LogP contribution is 2.03. The van der Waals surface area contributed by atoms with Gasteiger partial charge in [0.1, 0.15) is 6.29 Å². The summed E-state index contributed by atoms with van der Waals surface area (Å²) < 4.78 is 0. The first kappa shape index (κ1) is 7.35. The van der Waals surface area contributed by atoms with Crippen LogP contribution < -0.4 is 0 Å². The molecule has 1 rings (SSSR count). The summed E-state index contributed by atoms with van der Waals surface area (Å²) in [6.45, 7) is 0. The van der Waals surface area contributed by atoms with E-state index in [2.05, 4.69) is 9.97 Å². The number of hydrogen-bond donors (Lipinski definition) is 0. The van der Waals surface area contributed by atoms with Gasteiger partial charge in [0.05, 0.1) is 6.07 Å². The Bertz CT molecular complexity index is 277. The van der Waals surface area contributed by atoms with Gasteiger partial charge in [-0.05, 0) is 6.07 Å². The van der Waals surface area contributed by atoms with Crippen LogP contribution in [0.4, 0.5) is 0 Å². The average molecular weight is 147 g/mol. The zero-order valence-corrected chi connectivity index (χ0v) is 5.64. The van der Waals surface area contributed by atoms with E-state index in [9.17, 15) is 4.79 Å². The van der Waals surface area contributed by atoms with E-state index in [-0.39, 0.29) is 5.82 Å². The summed E-state index contributed by atoms with van der Waals surface area (Å²) in [6.07, 6.45) is 3.52. The molecule has 0 aromatic carbocycles. The van der Waals surface area contributed by atoms with E-state index >= 15 is 0 Å². The molecule has 1 unspecified atom stereocenters. The molecule has 4 nitrogen and oxygen atoms in total. The first-order valence-electron chi connectivity index (χ1n) is 3.00. The maximum atomic E-state index is 10.2. The molecule has 0 saturated carbocycles. The molecular formula is C7H5N3O. The van der Waals surface area contributed by atoms with Crippen LogP contribution in [0, 0.1) is 11.3 Å². The minimum Gasteiger partial charge on any atom is -0.301 e. The molecule has 1 atom stereocenters. The Morgan fingerprint density at radius 1 is 1.55 bits per heavy atom. The van der Waals surface area contributed by atoms with Crippen molar-refractivity contribution in [1.82, 2.24) is 9.97 Å². The number of hydrogen-bond acceptors (Lipinski definition) is 4. The average Bonchev–Trinajstić information content (AvgIpc) is 2.09. The maximum absolute atomic E-state index is 10.2. The van der Waals surface area contributed by atoms with E-state index in [0.29, 0.717) is 6.29 Å². The fourth-order valence-electron chi connectivity index (χ4n) is 0.620. The lowest BCUT2D eigenvalue weighted by Gasteiger charge is -1.95. The molecule has 0 amide bonds. The second-order valence-corrected chi connectivity index (χ2v) is 1.85. The van der Waals surface area contributed by atoms with Crippen LogP contribution >= 0.6 is 0 Å². The molecule has 0 aliphatic carbocycles. The second-order valence-electron chi connectivity index (χ2n) is 1.85. The molecule has 1 aromatic heterocycles. The van der Waals surface area contributed by atoms with Crippen LogP contribution in [-0.2, 0) is 4.79 Å². The summed E-state index contributed by atoms with van der Waals surface area (Å²) in [5, 5.41) is 8.42. The van der Waals surface area contributed by atoms with Gasteiger partial charge in [0.2, 0.25) is 0 Å². The fraction of sp³-hybridized carbons (Fsp3) is 0.143. The van der Waals surface area contributed by atoms with Gasteiger partial charge in [-0.15, -0.1) is 0 Å². The van der Waals surface area contributed by atoms with Crippen molar-refractivity contribution in [3.8, 4) is 6.07 Å². The third-order valence-electron chi connectivity index (χ3n) is 1.14. The summed E-state index contributed by atoms with van der Waals surface area (Å²) in [5.41, 5.74) is 0. The topological polar surface area (TPSA) is 66.6 Å². The number of carbonyl (C=O) groups is 1. The van der Waals surface area contributed by atoms with Crippen molar-refractivity contribution in [1.29, 1.82) is 5.26 Å². The lowest BCUT2D eigenvalue weighted by Crippen LogP contribution is -2.01. The van der Waals surface area contributed by atoms with Crippen LogP contribution in [0.2, 0.25) is 0 Å². The lowest BCUT2D eigenvalue weighted by atomic mass is 10.2. The third-order valence-corrected chi connectivity index (χ3v) is 1.14. The highest BCUT2D eigenvalue weighted by Gasteiger charge is 2.10. The maximum Gasteiger partial charge on any atom is 0.161 e. The van der Waals surface area contributed by atoms with Crippen molar-refractivity contribution in [3.63, 3.8) is 0 Å². The second kappa shape index (κ2) is 3.42. The van der Waals surface area contributed by atoms with Gasteiger partial charge in [0.15, 0.2) is 11.7 Å². The largest absolute Gasteiger partial charge is 0.301 e. The Morgan fingerprint density at radius 2 is 2.18 bits per heavy atom. The van der Waals surface area contributed by atoms with Gasteiger partial charge in [-0.25, -0.2) is 9.97 Å². The van der Waals surface area contributed by atoms with Gasteiger partial charge < -0.3 is 4.79 Å². The van der Waals surface area contributed by atoms with E-state index in [4.69, 9.17) is 5.26 Å². The first-order valence-corrected chi connectivity index (χ1v) is 3.00. The molecule has 0 saturated heterocycles. The van der Waals surface area contributed by atoms with Crippen LogP contribution in [0.5, 0.6) is 0 Å². The molecule has 1 heterocycles. The Morgan fingerprint density at radius 3 is 2.64 bits per heavy atom. The Balaban J connectivity index is 2.93. The summed E-state index contributed by atoms with van der Waals surface area (Å²) in [5.74, 6) is -0.582. The predicted molar refractivity (Wildman–Crippen MR) is 36.5 cm³/mol. The van der Waals surface area contributed by atoms with Crippen molar-refractivity contribution in [3.05, 3.63) is 24.3 Å². The van der Waals surface area contributed by atoms with E-state index in [0.717, 1.165) is 0 Å². The normalized spacial score (nSPS) is 11.5. The van der Waals surface area contributed by atoms with Gasteiger partial charge in [-0.3, -0.25) is 0 Å². The van der Waals surface area contributed by atoms with E-state index in [1.54, 1.807) is 12.1 Å². The number of nitriles is 1. The molecule has 0 aliphatic heterocycles. The van der Waals surface area contributed by atoms with Gasteiger partial charge >= 0.3 is 0 Å². The Labute approximate surface area is 63.5 Å². The summed E-state index contributed by atoms with van der Waals surface area (Å²) in [4.78, 5) is 17.7. The first-order chi connectivity index (χ1) is 5.38. The lowest BCUT2D eigenvalue weighted by molar-refractivity contribution is -0.108. The highest BCUT2D eigenvalue weighted by atomic mass is 16.1. The molecule has 54 valence electrons. The van der Waals surface area contributed by atoms with Crippen molar-refractivity contribution < 1.29 is 4.79 Å². The van der Waals surface area contributed by atoms with Crippen molar-refractivity contribution in [2.45, 2.75) is 5.92 Å². The van der Waals surface area contributed by atoms with Crippen molar-refractivity contribution in [2.24, 2.45) is 0 Å². The quantitative estimate of drug-likeness (QED) is 0.563. The van der Waals surface area contributed by atoms with Crippen LogP contribution in [0.25, 0.3) is 0 Å². The van der Waals surface area contributed by atoms with Gasteiger partial charge in [0.25, 0.3) is 0 Å². The molecule has 0 radical (unpaired) electrons. The van der Waals surface area contributed by atoms with Gasteiger partial charge in [0, 0.05) is 12.4 Å². The molecule has 0 fully saturated rings. The van der Waals surface area contributed by atoms with Crippen LogP contribution in [0.3, 0.4) is 0 Å². The third kappa shape index (κ3) is 1.58. The Hall–Kier alpha value is -1.76. The molecule has 0 N–H and O–H groups in total. The van der Waals surface area contributed by atoms with Crippen LogP contribution in [-0.4, -0.2) is 16.3 Å². The summed E-state index contributed by atoms with van der Waals surface area (Å²) in [7, 11) is 0. The molecule has 1 aromatic rings. The molecule has 11 heavy (non-hydrogen) atoms. The summed E-state index contributed by atoms with van der Waals surface area (Å²) in [6, 6.07) is 3.40. The Kier molecular flexibility index (Phi) is 2.28. The minimum absolute atomic E-state index is 0.255. The fourth-order valence-corrected chi connectivity index (χ4v) is 0.620. The zero-order chi connectivity index (χ0) is 8.10. The SMILES string of the molecule is N#CC(C=O)c1ncccn1. The van der Waals surface area contributed by atoms with Crippen LogP contribution in [0.15, 0.2) is 18.5 Å². The molecule has 0 spiro atoms. The van der Waals surface area contributed by atoms with E-state index in [1.807, 2.05) is 0 Å². The number of aromatic nitrogens is 2.